The first-order chi connectivity index (χ1) is 16.8. The zero-order chi connectivity index (χ0) is 24.8. The summed E-state index contributed by atoms with van der Waals surface area (Å²) in [4.78, 5) is 24.7. The van der Waals surface area contributed by atoms with E-state index in [-0.39, 0.29) is 29.9 Å². The van der Waals surface area contributed by atoms with Gasteiger partial charge in [0.15, 0.2) is 0 Å². The third kappa shape index (κ3) is 6.55. The van der Waals surface area contributed by atoms with Gasteiger partial charge in [-0.2, -0.15) is 8.42 Å². The normalized spacial score (nSPS) is 17.9. The second kappa shape index (κ2) is 10.8. The van der Waals surface area contributed by atoms with E-state index in [0.29, 0.717) is 17.5 Å². The molecule has 0 heterocycles. The summed E-state index contributed by atoms with van der Waals surface area (Å²) in [5, 5.41) is 0. The van der Waals surface area contributed by atoms with E-state index in [1.165, 1.54) is 12.1 Å². The molecule has 4 rings (SSSR count). The summed E-state index contributed by atoms with van der Waals surface area (Å²) in [6, 6.07) is 23.4. The predicted molar refractivity (Wildman–Crippen MR) is 128 cm³/mol. The lowest BCUT2D eigenvalue weighted by atomic mass is 10.2. The Hall–Kier alpha value is -3.49. The molecule has 1 saturated carbocycles. The molecule has 3 aromatic carbocycles. The van der Waals surface area contributed by atoms with E-state index in [9.17, 15) is 18.0 Å². The fraction of sp³-hybridized carbons (Fsp3) is 0.259. The maximum absolute atomic E-state index is 12.9. The molecule has 0 spiro atoms. The Morgan fingerprint density at radius 2 is 1.37 bits per heavy atom. The summed E-state index contributed by atoms with van der Waals surface area (Å²) in [5.41, 5.74) is 1.72. The van der Waals surface area contributed by atoms with Crippen LogP contribution in [0.3, 0.4) is 0 Å². The van der Waals surface area contributed by atoms with Gasteiger partial charge < -0.3 is 9.47 Å². The molecule has 1 fully saturated rings. The van der Waals surface area contributed by atoms with Gasteiger partial charge in [-0.3, -0.25) is 4.18 Å². The number of aryl methyl sites for hydroxylation is 1. The van der Waals surface area contributed by atoms with E-state index >= 15 is 0 Å². The summed E-state index contributed by atoms with van der Waals surface area (Å²) in [6.07, 6.45) is -0.326. The number of hydrogen-bond donors (Lipinski definition) is 0. The molecule has 1 aliphatic carbocycles. The maximum atomic E-state index is 12.9. The van der Waals surface area contributed by atoms with Gasteiger partial charge in [0.1, 0.15) is 12.7 Å². The van der Waals surface area contributed by atoms with Crippen molar-refractivity contribution in [2.45, 2.75) is 24.3 Å². The second-order valence-corrected chi connectivity index (χ2v) is 10.1. The van der Waals surface area contributed by atoms with Crippen LogP contribution in [0.2, 0.25) is 0 Å². The lowest BCUT2D eigenvalue weighted by molar-refractivity contribution is 0.0250. The van der Waals surface area contributed by atoms with Crippen LogP contribution in [-0.2, 0) is 23.8 Å². The standard InChI is InChI=1S/C27H26O7S/c1-19-12-14-23(15-13-19)35(30,31)34-25(18-33-27(29)21-10-6-3-7-11-21)24-16-22(24)17-32-26(28)20-8-4-2-5-9-20/h2-15,22,24-25H,16-18H2,1H3. The van der Waals surface area contributed by atoms with Crippen molar-refractivity contribution in [2.75, 3.05) is 13.2 Å². The Balaban J connectivity index is 1.42. The van der Waals surface area contributed by atoms with E-state index in [1.54, 1.807) is 72.8 Å². The minimum absolute atomic E-state index is 0.0233. The van der Waals surface area contributed by atoms with Crippen LogP contribution in [0, 0.1) is 18.8 Å². The molecule has 3 aromatic rings. The summed E-state index contributed by atoms with van der Waals surface area (Å²) in [7, 11) is -4.09. The molecule has 7 nitrogen and oxygen atoms in total. The first-order valence-corrected chi connectivity index (χ1v) is 12.7. The van der Waals surface area contributed by atoms with E-state index in [0.717, 1.165) is 5.56 Å². The van der Waals surface area contributed by atoms with Gasteiger partial charge in [-0.15, -0.1) is 0 Å². The minimum Gasteiger partial charge on any atom is -0.462 e. The molecule has 3 unspecified atom stereocenters. The highest BCUT2D eigenvalue weighted by molar-refractivity contribution is 7.86. The summed E-state index contributed by atoms with van der Waals surface area (Å²) in [6.45, 7) is 1.73. The SMILES string of the molecule is Cc1ccc(S(=O)(=O)OC(COC(=O)c2ccccc2)C2CC2COC(=O)c2ccccc2)cc1. The third-order valence-corrected chi connectivity index (χ3v) is 7.19. The Bertz CT molecular complexity index is 1260. The van der Waals surface area contributed by atoms with Gasteiger partial charge in [0.25, 0.3) is 10.1 Å². The topological polar surface area (TPSA) is 96.0 Å². The smallest absolute Gasteiger partial charge is 0.338 e. The van der Waals surface area contributed by atoms with Crippen molar-refractivity contribution in [1.29, 1.82) is 0 Å². The van der Waals surface area contributed by atoms with Crippen molar-refractivity contribution in [3.8, 4) is 0 Å². The van der Waals surface area contributed by atoms with Crippen molar-refractivity contribution in [1.82, 2.24) is 0 Å². The van der Waals surface area contributed by atoms with Crippen LogP contribution in [0.15, 0.2) is 89.8 Å². The third-order valence-electron chi connectivity index (χ3n) is 5.84. The van der Waals surface area contributed by atoms with Gasteiger partial charge in [0, 0.05) is 0 Å². The van der Waals surface area contributed by atoms with E-state index in [2.05, 4.69) is 0 Å². The first kappa shape index (κ1) is 24.6. The molecular formula is C27H26O7S. The second-order valence-electron chi connectivity index (χ2n) is 8.49. The number of hydrogen-bond acceptors (Lipinski definition) is 7. The Kier molecular flexibility index (Phi) is 7.63. The zero-order valence-electron chi connectivity index (χ0n) is 19.2. The van der Waals surface area contributed by atoms with Crippen molar-refractivity contribution < 1.29 is 31.7 Å². The largest absolute Gasteiger partial charge is 0.462 e. The lowest BCUT2D eigenvalue weighted by Gasteiger charge is -2.18. The zero-order valence-corrected chi connectivity index (χ0v) is 20.0. The molecule has 0 aromatic heterocycles. The molecule has 3 atom stereocenters. The average molecular weight is 495 g/mol. The number of rotatable bonds is 10. The molecule has 0 saturated heterocycles. The fourth-order valence-electron chi connectivity index (χ4n) is 3.72. The first-order valence-electron chi connectivity index (χ1n) is 11.3. The van der Waals surface area contributed by atoms with Crippen LogP contribution < -0.4 is 0 Å². The number of carbonyl (C=O) groups excluding carboxylic acids is 2. The van der Waals surface area contributed by atoms with Crippen LogP contribution in [0.5, 0.6) is 0 Å². The Labute approximate surface area is 204 Å². The fourth-order valence-corrected chi connectivity index (χ4v) is 4.82. The highest BCUT2D eigenvalue weighted by Gasteiger charge is 2.47. The quantitative estimate of drug-likeness (QED) is 0.304. The molecule has 0 aliphatic heterocycles. The van der Waals surface area contributed by atoms with E-state index in [4.69, 9.17) is 13.7 Å². The number of ether oxygens (including phenoxy) is 2. The summed E-state index contributed by atoms with van der Waals surface area (Å²) >= 11 is 0. The molecule has 0 bridgehead atoms. The minimum atomic E-state index is -4.09. The van der Waals surface area contributed by atoms with E-state index < -0.39 is 28.2 Å². The molecule has 0 radical (unpaired) electrons. The van der Waals surface area contributed by atoms with Crippen LogP contribution >= 0.6 is 0 Å². The van der Waals surface area contributed by atoms with Gasteiger partial charge in [0.05, 0.1) is 22.6 Å². The van der Waals surface area contributed by atoms with Crippen molar-refractivity contribution in [3.05, 3.63) is 102 Å². The molecule has 0 N–H and O–H groups in total. The molecule has 0 amide bonds. The average Bonchev–Trinajstić information content (AvgIpc) is 3.66. The van der Waals surface area contributed by atoms with E-state index in [1.807, 2.05) is 6.92 Å². The van der Waals surface area contributed by atoms with Crippen molar-refractivity contribution in [3.63, 3.8) is 0 Å². The maximum Gasteiger partial charge on any atom is 0.338 e. The van der Waals surface area contributed by atoms with Crippen molar-refractivity contribution in [2.24, 2.45) is 11.8 Å². The van der Waals surface area contributed by atoms with Crippen LogP contribution in [0.25, 0.3) is 0 Å². The van der Waals surface area contributed by atoms with Gasteiger partial charge in [-0.25, -0.2) is 9.59 Å². The van der Waals surface area contributed by atoms with Crippen LogP contribution in [0.1, 0.15) is 32.7 Å². The Morgan fingerprint density at radius 1 is 0.829 bits per heavy atom. The summed E-state index contributed by atoms with van der Waals surface area (Å²) in [5.74, 6) is -1.37. The lowest BCUT2D eigenvalue weighted by Crippen LogP contribution is -2.28. The monoisotopic (exact) mass is 494 g/mol. The van der Waals surface area contributed by atoms with Crippen LogP contribution in [0.4, 0.5) is 0 Å². The molecule has 182 valence electrons. The van der Waals surface area contributed by atoms with Gasteiger partial charge >= 0.3 is 11.9 Å². The molecule has 35 heavy (non-hydrogen) atoms. The molecular weight excluding hydrogens is 468 g/mol. The number of esters is 2. The van der Waals surface area contributed by atoms with Gasteiger partial charge in [0.2, 0.25) is 0 Å². The van der Waals surface area contributed by atoms with Crippen LogP contribution in [-0.4, -0.2) is 39.7 Å². The van der Waals surface area contributed by atoms with Gasteiger partial charge in [-0.1, -0.05) is 54.1 Å². The summed E-state index contributed by atoms with van der Waals surface area (Å²) < 4.78 is 42.2. The van der Waals surface area contributed by atoms with Crippen molar-refractivity contribution >= 4 is 22.1 Å². The Morgan fingerprint density at radius 3 is 1.94 bits per heavy atom. The van der Waals surface area contributed by atoms with Gasteiger partial charge in [-0.05, 0) is 61.6 Å². The molecule has 8 heteroatoms. The predicted octanol–water partition coefficient (Wildman–Crippen LogP) is 4.42. The number of benzene rings is 3. The molecule has 1 aliphatic rings. The highest BCUT2D eigenvalue weighted by atomic mass is 32.2. The highest BCUT2D eigenvalue weighted by Crippen LogP contribution is 2.43. The number of carbonyl (C=O) groups is 2.